The summed E-state index contributed by atoms with van der Waals surface area (Å²) in [5.74, 6) is 5.83. The molecule has 21 heavy (non-hydrogen) atoms. The highest BCUT2D eigenvalue weighted by Crippen LogP contribution is 2.31. The molecule has 3 N–H and O–H groups in total. The van der Waals surface area contributed by atoms with E-state index in [0.29, 0.717) is 0 Å². The van der Waals surface area contributed by atoms with E-state index >= 15 is 0 Å². The Hall–Kier alpha value is -1.75. The summed E-state index contributed by atoms with van der Waals surface area (Å²) >= 11 is 1.75. The maximum Gasteiger partial charge on any atom is 0.0805 e. The highest BCUT2D eigenvalue weighted by molar-refractivity contribution is 7.10. The molecular formula is C17H19N3S. The molecular weight excluding hydrogens is 278 g/mol. The topological polar surface area (TPSA) is 50.9 Å². The molecule has 1 atom stereocenters. The number of fused-ring (bicyclic) bond motifs is 1. The first kappa shape index (κ1) is 14.2. The molecule has 2 heterocycles. The highest BCUT2D eigenvalue weighted by atomic mass is 32.1. The molecule has 0 aliphatic carbocycles. The summed E-state index contributed by atoms with van der Waals surface area (Å²) < 4.78 is 0. The van der Waals surface area contributed by atoms with Gasteiger partial charge in [0, 0.05) is 16.0 Å². The zero-order valence-corrected chi connectivity index (χ0v) is 13.1. The van der Waals surface area contributed by atoms with Gasteiger partial charge >= 0.3 is 0 Å². The third-order valence-corrected chi connectivity index (χ3v) is 4.80. The van der Waals surface area contributed by atoms with Crippen LogP contribution in [0.15, 0.2) is 41.8 Å². The van der Waals surface area contributed by atoms with E-state index in [4.69, 9.17) is 5.84 Å². The summed E-state index contributed by atoms with van der Waals surface area (Å²) in [6, 6.07) is 12.7. The minimum absolute atomic E-state index is 0.0330. The van der Waals surface area contributed by atoms with Gasteiger partial charge in [-0.25, -0.2) is 5.43 Å². The second-order valence-electron chi connectivity index (χ2n) is 5.17. The molecule has 0 spiro atoms. The maximum atomic E-state index is 5.83. The molecule has 2 aromatic heterocycles. The van der Waals surface area contributed by atoms with Gasteiger partial charge in [0.2, 0.25) is 0 Å². The van der Waals surface area contributed by atoms with Crippen molar-refractivity contribution in [2.45, 2.75) is 26.3 Å². The van der Waals surface area contributed by atoms with Crippen LogP contribution in [0.5, 0.6) is 0 Å². The number of benzene rings is 1. The Labute approximate surface area is 128 Å². The van der Waals surface area contributed by atoms with E-state index < -0.39 is 0 Å². The Kier molecular flexibility index (Phi) is 4.01. The number of nitrogens with one attached hydrogen (secondary N) is 1. The Bertz CT molecular complexity index is 764. The van der Waals surface area contributed by atoms with Crippen molar-refractivity contribution in [1.82, 2.24) is 10.4 Å². The van der Waals surface area contributed by atoms with Crippen LogP contribution in [0.3, 0.4) is 0 Å². The molecule has 3 nitrogen and oxygen atoms in total. The zero-order valence-electron chi connectivity index (χ0n) is 12.3. The van der Waals surface area contributed by atoms with E-state index in [1.54, 1.807) is 11.3 Å². The smallest absolute Gasteiger partial charge is 0.0805 e. The standard InChI is InChI=1S/C17H19N3S/c1-3-12-8-9-21-17(12)16(20-18)14-6-7-15-13(10-14)5-4-11(2)19-15/h4-10,16,20H,3,18H2,1-2H3. The largest absolute Gasteiger partial charge is 0.271 e. The van der Waals surface area contributed by atoms with E-state index in [1.165, 1.54) is 16.0 Å². The highest BCUT2D eigenvalue weighted by Gasteiger charge is 2.17. The zero-order chi connectivity index (χ0) is 14.8. The number of nitrogens with two attached hydrogens (primary N) is 1. The number of hydrazine groups is 1. The van der Waals surface area contributed by atoms with Gasteiger partial charge in [0.1, 0.15) is 0 Å². The molecule has 0 bridgehead atoms. The lowest BCUT2D eigenvalue weighted by Gasteiger charge is -2.17. The Morgan fingerprint density at radius 2 is 2.10 bits per heavy atom. The fraction of sp³-hybridized carbons (Fsp3) is 0.235. The van der Waals surface area contributed by atoms with Crippen LogP contribution in [0.25, 0.3) is 10.9 Å². The van der Waals surface area contributed by atoms with Gasteiger partial charge in [-0.1, -0.05) is 19.1 Å². The van der Waals surface area contributed by atoms with Gasteiger partial charge in [0.25, 0.3) is 0 Å². The van der Waals surface area contributed by atoms with E-state index in [9.17, 15) is 0 Å². The molecule has 0 radical (unpaired) electrons. The van der Waals surface area contributed by atoms with Crippen molar-refractivity contribution in [2.24, 2.45) is 5.84 Å². The number of pyridine rings is 1. The van der Waals surface area contributed by atoms with Crippen molar-refractivity contribution >= 4 is 22.2 Å². The lowest BCUT2D eigenvalue weighted by atomic mass is 10.00. The molecule has 0 fully saturated rings. The van der Waals surface area contributed by atoms with Crippen LogP contribution in [0.1, 0.15) is 34.7 Å². The number of thiophene rings is 1. The monoisotopic (exact) mass is 297 g/mol. The van der Waals surface area contributed by atoms with Crippen LogP contribution in [-0.4, -0.2) is 4.98 Å². The average molecular weight is 297 g/mol. The van der Waals surface area contributed by atoms with Crippen LogP contribution in [-0.2, 0) is 6.42 Å². The summed E-state index contributed by atoms with van der Waals surface area (Å²) in [5.41, 5.74) is 7.55. The van der Waals surface area contributed by atoms with E-state index in [-0.39, 0.29) is 6.04 Å². The van der Waals surface area contributed by atoms with Gasteiger partial charge in [-0.2, -0.15) is 0 Å². The van der Waals surface area contributed by atoms with Crippen molar-refractivity contribution in [3.8, 4) is 0 Å². The Balaban J connectivity index is 2.07. The first-order chi connectivity index (χ1) is 10.2. The lowest BCUT2D eigenvalue weighted by Crippen LogP contribution is -2.28. The van der Waals surface area contributed by atoms with Gasteiger partial charge in [-0.15, -0.1) is 11.3 Å². The van der Waals surface area contributed by atoms with Gasteiger partial charge in [0.15, 0.2) is 0 Å². The van der Waals surface area contributed by atoms with Gasteiger partial charge in [-0.3, -0.25) is 10.8 Å². The minimum atomic E-state index is 0.0330. The van der Waals surface area contributed by atoms with Crippen LogP contribution in [0.2, 0.25) is 0 Å². The molecule has 0 aliphatic heterocycles. The average Bonchev–Trinajstić information content (AvgIpc) is 2.96. The number of aryl methyl sites for hydroxylation is 2. The van der Waals surface area contributed by atoms with Crippen LogP contribution in [0, 0.1) is 6.92 Å². The summed E-state index contributed by atoms with van der Waals surface area (Å²) in [6.07, 6.45) is 1.02. The fourth-order valence-electron chi connectivity index (χ4n) is 2.64. The number of aromatic nitrogens is 1. The number of hydrogen-bond donors (Lipinski definition) is 2. The molecule has 0 aliphatic rings. The number of hydrogen-bond acceptors (Lipinski definition) is 4. The molecule has 0 saturated heterocycles. The third-order valence-electron chi connectivity index (χ3n) is 3.78. The van der Waals surface area contributed by atoms with Crippen LogP contribution < -0.4 is 11.3 Å². The summed E-state index contributed by atoms with van der Waals surface area (Å²) in [6.45, 7) is 4.18. The second-order valence-corrected chi connectivity index (χ2v) is 6.12. The van der Waals surface area contributed by atoms with Crippen molar-refractivity contribution in [2.75, 3.05) is 0 Å². The van der Waals surface area contributed by atoms with Crippen molar-refractivity contribution in [3.05, 3.63) is 63.5 Å². The van der Waals surface area contributed by atoms with Gasteiger partial charge in [0.05, 0.1) is 11.6 Å². The molecule has 3 aromatic rings. The molecule has 3 rings (SSSR count). The quantitative estimate of drug-likeness (QED) is 0.570. The number of nitrogens with zero attached hydrogens (tertiary/aromatic N) is 1. The minimum Gasteiger partial charge on any atom is -0.271 e. The van der Waals surface area contributed by atoms with Crippen molar-refractivity contribution < 1.29 is 0 Å². The molecule has 0 saturated carbocycles. The molecule has 4 heteroatoms. The summed E-state index contributed by atoms with van der Waals surface area (Å²) in [7, 11) is 0. The van der Waals surface area contributed by atoms with Crippen molar-refractivity contribution in [1.29, 1.82) is 0 Å². The summed E-state index contributed by atoms with van der Waals surface area (Å²) in [5, 5.41) is 3.28. The number of rotatable bonds is 4. The predicted molar refractivity (Wildman–Crippen MR) is 89.3 cm³/mol. The van der Waals surface area contributed by atoms with E-state index in [1.807, 2.05) is 13.0 Å². The van der Waals surface area contributed by atoms with E-state index in [2.05, 4.69) is 53.0 Å². The van der Waals surface area contributed by atoms with E-state index in [0.717, 1.165) is 23.0 Å². The van der Waals surface area contributed by atoms with Gasteiger partial charge in [-0.05, 0) is 54.1 Å². The van der Waals surface area contributed by atoms with Crippen LogP contribution >= 0.6 is 11.3 Å². The lowest BCUT2D eigenvalue weighted by molar-refractivity contribution is 0.642. The van der Waals surface area contributed by atoms with Gasteiger partial charge < -0.3 is 0 Å². The molecule has 108 valence electrons. The van der Waals surface area contributed by atoms with Crippen molar-refractivity contribution in [3.63, 3.8) is 0 Å². The molecule has 0 amide bonds. The SMILES string of the molecule is CCc1ccsc1C(NN)c1ccc2nc(C)ccc2c1. The molecule has 1 aromatic carbocycles. The third kappa shape index (κ3) is 2.70. The van der Waals surface area contributed by atoms with Crippen LogP contribution in [0.4, 0.5) is 0 Å². The second kappa shape index (κ2) is 5.93. The Morgan fingerprint density at radius 1 is 1.24 bits per heavy atom. The predicted octanol–water partition coefficient (Wildman–Crippen LogP) is 3.72. The Morgan fingerprint density at radius 3 is 2.86 bits per heavy atom. The first-order valence-corrected chi connectivity index (χ1v) is 8.00. The normalized spacial score (nSPS) is 12.7. The molecule has 1 unspecified atom stereocenters. The summed E-state index contributed by atoms with van der Waals surface area (Å²) in [4.78, 5) is 5.84. The maximum absolute atomic E-state index is 5.83. The fourth-order valence-corrected chi connectivity index (χ4v) is 3.72. The first-order valence-electron chi connectivity index (χ1n) is 7.12.